The maximum absolute atomic E-state index is 11.6. The van der Waals surface area contributed by atoms with E-state index in [1.807, 2.05) is 24.3 Å². The average molecular weight is 299 g/mol. The molecule has 2 aromatic rings. The van der Waals surface area contributed by atoms with Crippen LogP contribution in [-0.4, -0.2) is 26.5 Å². The number of para-hydroxylation sites is 1. The summed E-state index contributed by atoms with van der Waals surface area (Å²) < 4.78 is 10.3. The predicted octanol–water partition coefficient (Wildman–Crippen LogP) is 2.86. The number of methoxy groups -OCH3 is 2. The summed E-state index contributed by atoms with van der Waals surface area (Å²) in [7, 11) is 3.13. The van der Waals surface area contributed by atoms with Crippen LogP contribution in [0.15, 0.2) is 53.6 Å². The number of ether oxygens (including phenoxy) is 2. The predicted molar refractivity (Wildman–Crippen MR) is 85.7 cm³/mol. The van der Waals surface area contributed by atoms with Gasteiger partial charge in [-0.25, -0.2) is 10.2 Å². The fraction of sp³-hybridized carbons (Fsp3) is 0.125. The van der Waals surface area contributed by atoms with E-state index in [0.29, 0.717) is 17.2 Å². The quantitative estimate of drug-likeness (QED) is 0.658. The van der Waals surface area contributed by atoms with Gasteiger partial charge in [-0.05, 0) is 35.9 Å². The first-order chi connectivity index (χ1) is 10.7. The van der Waals surface area contributed by atoms with Crippen molar-refractivity contribution in [3.8, 4) is 11.5 Å². The molecule has 2 aromatic carbocycles. The number of hydrogen-bond acceptors (Lipinski definition) is 4. The molecule has 6 heteroatoms. The standard InChI is InChI=1S/C16H17N3O3/c1-21-14-9-8-12(10-15(14)22-2)11-17-19-16(20)18-13-6-4-3-5-7-13/h3-11H,1-2H3,(H2,18,19,20)/b17-11+. The van der Waals surface area contributed by atoms with E-state index in [4.69, 9.17) is 9.47 Å². The lowest BCUT2D eigenvalue weighted by molar-refractivity contribution is 0.252. The van der Waals surface area contributed by atoms with Gasteiger partial charge in [-0.15, -0.1) is 0 Å². The molecular formula is C16H17N3O3. The molecule has 0 spiro atoms. The number of nitrogens with one attached hydrogen (secondary N) is 2. The van der Waals surface area contributed by atoms with Crippen LogP contribution in [0.3, 0.4) is 0 Å². The zero-order valence-electron chi connectivity index (χ0n) is 12.4. The second kappa shape index (κ2) is 7.68. The second-order valence-electron chi connectivity index (χ2n) is 4.30. The van der Waals surface area contributed by atoms with Crippen molar-refractivity contribution in [1.29, 1.82) is 0 Å². The van der Waals surface area contributed by atoms with Crippen LogP contribution in [0.1, 0.15) is 5.56 Å². The van der Waals surface area contributed by atoms with E-state index >= 15 is 0 Å². The smallest absolute Gasteiger partial charge is 0.339 e. The van der Waals surface area contributed by atoms with Crippen molar-refractivity contribution < 1.29 is 14.3 Å². The average Bonchev–Trinajstić information content (AvgIpc) is 2.55. The van der Waals surface area contributed by atoms with Gasteiger partial charge < -0.3 is 14.8 Å². The number of benzene rings is 2. The summed E-state index contributed by atoms with van der Waals surface area (Å²) in [6.07, 6.45) is 1.52. The molecule has 0 heterocycles. The maximum Gasteiger partial charge on any atom is 0.339 e. The molecule has 6 nitrogen and oxygen atoms in total. The molecule has 0 radical (unpaired) electrons. The minimum atomic E-state index is -0.414. The van der Waals surface area contributed by atoms with Crippen molar-refractivity contribution in [3.63, 3.8) is 0 Å². The normalized spacial score (nSPS) is 10.3. The van der Waals surface area contributed by atoms with Crippen LogP contribution in [0.5, 0.6) is 11.5 Å². The number of nitrogens with zero attached hydrogens (tertiary/aromatic N) is 1. The molecule has 0 saturated heterocycles. The van der Waals surface area contributed by atoms with Gasteiger partial charge in [0.1, 0.15) is 0 Å². The van der Waals surface area contributed by atoms with Gasteiger partial charge >= 0.3 is 6.03 Å². The molecule has 2 amide bonds. The largest absolute Gasteiger partial charge is 0.493 e. The minimum Gasteiger partial charge on any atom is -0.493 e. The SMILES string of the molecule is COc1ccc(/C=N/NC(=O)Nc2ccccc2)cc1OC. The lowest BCUT2D eigenvalue weighted by Crippen LogP contribution is -2.24. The van der Waals surface area contributed by atoms with Crippen molar-refractivity contribution in [2.45, 2.75) is 0 Å². The number of rotatable bonds is 5. The van der Waals surface area contributed by atoms with Gasteiger partial charge in [0.2, 0.25) is 0 Å². The first-order valence-electron chi connectivity index (χ1n) is 6.60. The maximum atomic E-state index is 11.6. The fourth-order valence-electron chi connectivity index (χ4n) is 1.78. The van der Waals surface area contributed by atoms with E-state index in [2.05, 4.69) is 15.8 Å². The van der Waals surface area contributed by atoms with Gasteiger partial charge in [-0.2, -0.15) is 5.10 Å². The van der Waals surface area contributed by atoms with Crippen LogP contribution in [0, 0.1) is 0 Å². The third kappa shape index (κ3) is 4.24. The Morgan fingerprint density at radius 2 is 1.77 bits per heavy atom. The van der Waals surface area contributed by atoms with Crippen molar-refractivity contribution in [3.05, 3.63) is 54.1 Å². The molecule has 0 bridgehead atoms. The van der Waals surface area contributed by atoms with Crippen molar-refractivity contribution in [2.75, 3.05) is 19.5 Å². The number of carbonyl (C=O) groups excluding carboxylic acids is 1. The van der Waals surface area contributed by atoms with Gasteiger partial charge in [0, 0.05) is 5.69 Å². The summed E-state index contributed by atoms with van der Waals surface area (Å²) in [5.74, 6) is 1.23. The Balaban J connectivity index is 1.93. The van der Waals surface area contributed by atoms with Crippen LogP contribution in [-0.2, 0) is 0 Å². The van der Waals surface area contributed by atoms with Gasteiger partial charge in [0.15, 0.2) is 11.5 Å². The lowest BCUT2D eigenvalue weighted by atomic mass is 10.2. The molecule has 22 heavy (non-hydrogen) atoms. The molecule has 0 aliphatic heterocycles. The number of carbonyl (C=O) groups is 1. The van der Waals surface area contributed by atoms with Gasteiger partial charge in [-0.3, -0.25) is 0 Å². The van der Waals surface area contributed by atoms with Crippen molar-refractivity contribution >= 4 is 17.9 Å². The molecule has 0 atom stereocenters. The van der Waals surface area contributed by atoms with Crippen molar-refractivity contribution in [1.82, 2.24) is 5.43 Å². The molecule has 0 saturated carbocycles. The Labute approximate surface area is 128 Å². The molecule has 0 aromatic heterocycles. The Hall–Kier alpha value is -3.02. The van der Waals surface area contributed by atoms with E-state index in [1.165, 1.54) is 6.21 Å². The van der Waals surface area contributed by atoms with E-state index in [1.54, 1.807) is 38.5 Å². The number of hydrazone groups is 1. The van der Waals surface area contributed by atoms with E-state index < -0.39 is 6.03 Å². The van der Waals surface area contributed by atoms with Crippen molar-refractivity contribution in [2.24, 2.45) is 5.10 Å². The molecule has 114 valence electrons. The van der Waals surface area contributed by atoms with Gasteiger partial charge in [-0.1, -0.05) is 18.2 Å². The lowest BCUT2D eigenvalue weighted by Gasteiger charge is -2.07. The Morgan fingerprint density at radius 1 is 1.05 bits per heavy atom. The Morgan fingerprint density at radius 3 is 2.45 bits per heavy atom. The van der Waals surface area contributed by atoms with Gasteiger partial charge in [0.25, 0.3) is 0 Å². The molecule has 0 unspecified atom stereocenters. The first-order valence-corrected chi connectivity index (χ1v) is 6.60. The highest BCUT2D eigenvalue weighted by Crippen LogP contribution is 2.26. The summed E-state index contributed by atoms with van der Waals surface area (Å²) in [6.45, 7) is 0. The monoisotopic (exact) mass is 299 g/mol. The van der Waals surface area contributed by atoms with E-state index in [9.17, 15) is 4.79 Å². The number of hydrogen-bond donors (Lipinski definition) is 2. The number of amides is 2. The van der Waals surface area contributed by atoms with Crippen LogP contribution >= 0.6 is 0 Å². The zero-order valence-corrected chi connectivity index (χ0v) is 12.4. The van der Waals surface area contributed by atoms with Crippen LogP contribution in [0.25, 0.3) is 0 Å². The third-order valence-electron chi connectivity index (χ3n) is 2.82. The summed E-state index contributed by atoms with van der Waals surface area (Å²) in [6, 6.07) is 14.0. The molecule has 0 aliphatic rings. The number of anilines is 1. The fourth-order valence-corrected chi connectivity index (χ4v) is 1.78. The molecule has 2 rings (SSSR count). The molecule has 0 aliphatic carbocycles. The highest BCUT2D eigenvalue weighted by Gasteiger charge is 2.03. The summed E-state index contributed by atoms with van der Waals surface area (Å²) in [5, 5.41) is 6.55. The highest BCUT2D eigenvalue weighted by molar-refractivity contribution is 5.90. The zero-order chi connectivity index (χ0) is 15.8. The Kier molecular flexibility index (Phi) is 5.37. The van der Waals surface area contributed by atoms with Crippen LogP contribution in [0.4, 0.5) is 10.5 Å². The molecule has 2 N–H and O–H groups in total. The topological polar surface area (TPSA) is 72.0 Å². The van der Waals surface area contributed by atoms with E-state index in [-0.39, 0.29) is 0 Å². The van der Waals surface area contributed by atoms with Gasteiger partial charge in [0.05, 0.1) is 20.4 Å². The first kappa shape index (κ1) is 15.4. The van der Waals surface area contributed by atoms with Crippen LogP contribution < -0.4 is 20.2 Å². The summed E-state index contributed by atoms with van der Waals surface area (Å²) >= 11 is 0. The molecule has 0 fully saturated rings. The Bertz CT molecular complexity index is 657. The summed E-state index contributed by atoms with van der Waals surface area (Å²) in [5.41, 5.74) is 3.86. The second-order valence-corrected chi connectivity index (χ2v) is 4.30. The van der Waals surface area contributed by atoms with Crippen LogP contribution in [0.2, 0.25) is 0 Å². The molecular weight excluding hydrogens is 282 g/mol. The minimum absolute atomic E-state index is 0.414. The van der Waals surface area contributed by atoms with E-state index in [0.717, 1.165) is 5.56 Å². The number of urea groups is 1. The highest BCUT2D eigenvalue weighted by atomic mass is 16.5. The summed E-state index contributed by atoms with van der Waals surface area (Å²) in [4.78, 5) is 11.6. The third-order valence-corrected chi connectivity index (χ3v) is 2.82.